The summed E-state index contributed by atoms with van der Waals surface area (Å²) in [6.45, 7) is 8.12. The van der Waals surface area contributed by atoms with Crippen LogP contribution in [-0.2, 0) is 33.3 Å². The molecule has 2 fully saturated rings. The van der Waals surface area contributed by atoms with Crippen LogP contribution in [0.5, 0.6) is 0 Å². The molecule has 3 rings (SSSR count). The smallest absolute Gasteiger partial charge is 0.331 e. The third-order valence-corrected chi connectivity index (χ3v) is 7.18. The van der Waals surface area contributed by atoms with Crippen LogP contribution < -0.4 is 0 Å². The first-order valence-electron chi connectivity index (χ1n) is 11.7. The molecule has 0 aromatic rings. The SMILES string of the molecule is C=C(C)COC1CCC2C(C)=CC(=O)OC2C1C(=O)/C=C/C1CC(OC)C(OC)C(OC)C1. The molecule has 0 aromatic heterocycles. The lowest BCUT2D eigenvalue weighted by atomic mass is 9.71. The van der Waals surface area contributed by atoms with Crippen LogP contribution in [0, 0.1) is 17.8 Å². The highest BCUT2D eigenvalue weighted by Crippen LogP contribution is 2.41. The van der Waals surface area contributed by atoms with E-state index in [0.29, 0.717) is 6.61 Å². The molecule has 0 N–H and O–H groups in total. The molecule has 1 aliphatic heterocycles. The van der Waals surface area contributed by atoms with Crippen LogP contribution in [0.15, 0.2) is 36.0 Å². The molecule has 0 spiro atoms. The van der Waals surface area contributed by atoms with Crippen molar-refractivity contribution >= 4 is 11.8 Å². The van der Waals surface area contributed by atoms with Gasteiger partial charge in [0.25, 0.3) is 0 Å². The van der Waals surface area contributed by atoms with Gasteiger partial charge in [-0.25, -0.2) is 4.79 Å². The van der Waals surface area contributed by atoms with Gasteiger partial charge < -0.3 is 23.7 Å². The summed E-state index contributed by atoms with van der Waals surface area (Å²) in [5, 5.41) is 0. The van der Waals surface area contributed by atoms with Gasteiger partial charge in [0.2, 0.25) is 0 Å². The Bertz CT molecular complexity index is 772. The van der Waals surface area contributed by atoms with Crippen molar-refractivity contribution in [1.29, 1.82) is 0 Å². The summed E-state index contributed by atoms with van der Waals surface area (Å²) < 4.78 is 28.6. The fourth-order valence-corrected chi connectivity index (χ4v) is 5.50. The average molecular weight is 463 g/mol. The zero-order valence-electron chi connectivity index (χ0n) is 20.5. The Morgan fingerprint density at radius 1 is 1.12 bits per heavy atom. The van der Waals surface area contributed by atoms with E-state index in [1.54, 1.807) is 27.4 Å². The number of hydrogen-bond acceptors (Lipinski definition) is 7. The molecule has 6 atom stereocenters. The van der Waals surface area contributed by atoms with Gasteiger partial charge in [0, 0.05) is 33.3 Å². The van der Waals surface area contributed by atoms with Gasteiger partial charge in [0.1, 0.15) is 12.2 Å². The van der Waals surface area contributed by atoms with Gasteiger partial charge in [-0.05, 0) is 51.5 Å². The van der Waals surface area contributed by atoms with Gasteiger partial charge in [-0.3, -0.25) is 4.79 Å². The zero-order valence-corrected chi connectivity index (χ0v) is 20.5. The molecule has 3 aliphatic rings. The maximum Gasteiger partial charge on any atom is 0.331 e. The van der Waals surface area contributed by atoms with Crippen molar-refractivity contribution in [3.05, 3.63) is 36.0 Å². The van der Waals surface area contributed by atoms with Crippen molar-refractivity contribution in [2.45, 2.75) is 70.1 Å². The number of esters is 1. The molecule has 0 aromatic carbocycles. The van der Waals surface area contributed by atoms with Crippen LogP contribution in [0.1, 0.15) is 39.5 Å². The molecule has 6 unspecified atom stereocenters. The predicted molar refractivity (Wildman–Crippen MR) is 124 cm³/mol. The quantitative estimate of drug-likeness (QED) is 0.295. The van der Waals surface area contributed by atoms with Gasteiger partial charge >= 0.3 is 5.97 Å². The Morgan fingerprint density at radius 3 is 2.36 bits per heavy atom. The second-order valence-electron chi connectivity index (χ2n) is 9.55. The minimum absolute atomic E-state index is 0.0441. The Hall–Kier alpha value is -1.80. The summed E-state index contributed by atoms with van der Waals surface area (Å²) in [7, 11) is 4.99. The van der Waals surface area contributed by atoms with Crippen LogP contribution in [0.4, 0.5) is 0 Å². The normalized spacial score (nSPS) is 36.8. The Labute approximate surface area is 197 Å². The number of carbonyl (C=O) groups excluding carboxylic acids is 2. The number of hydrogen-bond donors (Lipinski definition) is 0. The van der Waals surface area contributed by atoms with E-state index < -0.39 is 12.0 Å². The number of fused-ring (bicyclic) bond motifs is 1. The second-order valence-corrected chi connectivity index (χ2v) is 9.55. The van der Waals surface area contributed by atoms with E-state index in [4.69, 9.17) is 23.7 Å². The molecular weight excluding hydrogens is 424 g/mol. The molecule has 1 heterocycles. The monoisotopic (exact) mass is 462 g/mol. The minimum Gasteiger partial charge on any atom is -0.458 e. The Kier molecular flexibility index (Phi) is 9.04. The van der Waals surface area contributed by atoms with Crippen molar-refractivity contribution in [3.63, 3.8) is 0 Å². The van der Waals surface area contributed by atoms with Crippen LogP contribution >= 0.6 is 0 Å². The molecule has 0 bridgehead atoms. The van der Waals surface area contributed by atoms with E-state index in [1.807, 2.05) is 19.9 Å². The fraction of sp³-hybridized carbons (Fsp3) is 0.692. The molecule has 0 amide bonds. The molecule has 7 heteroatoms. The van der Waals surface area contributed by atoms with Crippen molar-refractivity contribution in [3.8, 4) is 0 Å². The maximum absolute atomic E-state index is 13.5. The lowest BCUT2D eigenvalue weighted by Crippen LogP contribution is -2.51. The van der Waals surface area contributed by atoms with E-state index in [0.717, 1.165) is 36.8 Å². The Morgan fingerprint density at radius 2 is 1.79 bits per heavy atom. The van der Waals surface area contributed by atoms with Gasteiger partial charge in [-0.2, -0.15) is 0 Å². The van der Waals surface area contributed by atoms with Gasteiger partial charge in [0.05, 0.1) is 30.8 Å². The summed E-state index contributed by atoms with van der Waals surface area (Å²) in [5.74, 6) is -0.850. The first-order chi connectivity index (χ1) is 15.8. The molecular formula is C26H38O7. The average Bonchev–Trinajstić information content (AvgIpc) is 2.79. The van der Waals surface area contributed by atoms with Gasteiger partial charge in [-0.15, -0.1) is 0 Å². The van der Waals surface area contributed by atoms with E-state index >= 15 is 0 Å². The molecule has 0 saturated heterocycles. The summed E-state index contributed by atoms with van der Waals surface area (Å²) >= 11 is 0. The van der Waals surface area contributed by atoms with Crippen molar-refractivity contribution in [2.75, 3.05) is 27.9 Å². The molecule has 0 radical (unpaired) electrons. The number of rotatable bonds is 9. The fourth-order valence-electron chi connectivity index (χ4n) is 5.50. The van der Waals surface area contributed by atoms with E-state index in [9.17, 15) is 9.59 Å². The molecule has 2 aliphatic carbocycles. The highest BCUT2D eigenvalue weighted by Gasteiger charge is 2.47. The standard InChI is InChI=1S/C26H38O7/c1-15(2)14-32-20-10-8-18-16(3)11-23(28)33-25(18)24(20)19(27)9-7-17-12-21(29-4)26(31-6)22(13-17)30-5/h7,9,11,17-18,20-22,24-26H,1,8,10,12-14H2,2-6H3/b9-7+. The number of allylic oxidation sites excluding steroid dienone is 2. The van der Waals surface area contributed by atoms with Crippen LogP contribution in [0.2, 0.25) is 0 Å². The van der Waals surface area contributed by atoms with Crippen molar-refractivity contribution in [1.82, 2.24) is 0 Å². The van der Waals surface area contributed by atoms with Crippen molar-refractivity contribution in [2.24, 2.45) is 17.8 Å². The molecule has 184 valence electrons. The summed E-state index contributed by atoms with van der Waals surface area (Å²) in [6.07, 6.45) is 6.96. The predicted octanol–water partition coefficient (Wildman–Crippen LogP) is 3.43. The summed E-state index contributed by atoms with van der Waals surface area (Å²) in [6, 6.07) is 0. The maximum atomic E-state index is 13.5. The third kappa shape index (κ3) is 6.01. The van der Waals surface area contributed by atoms with E-state index in [1.165, 1.54) is 6.08 Å². The number of carbonyl (C=O) groups is 2. The lowest BCUT2D eigenvalue weighted by molar-refractivity contribution is -0.164. The summed E-state index contributed by atoms with van der Waals surface area (Å²) in [4.78, 5) is 25.6. The van der Waals surface area contributed by atoms with Crippen LogP contribution in [0.25, 0.3) is 0 Å². The number of ether oxygens (including phenoxy) is 5. The minimum atomic E-state index is -0.543. The summed E-state index contributed by atoms with van der Waals surface area (Å²) in [5.41, 5.74) is 1.86. The molecule has 7 nitrogen and oxygen atoms in total. The van der Waals surface area contributed by atoms with Crippen LogP contribution in [-0.4, -0.2) is 70.2 Å². The first-order valence-corrected chi connectivity index (χ1v) is 11.7. The zero-order chi connectivity index (χ0) is 24.1. The van der Waals surface area contributed by atoms with Crippen LogP contribution in [0.3, 0.4) is 0 Å². The van der Waals surface area contributed by atoms with Gasteiger partial charge in [0.15, 0.2) is 5.78 Å². The lowest BCUT2D eigenvalue weighted by Gasteiger charge is -2.43. The second kappa shape index (κ2) is 11.6. The number of methoxy groups -OCH3 is 3. The van der Waals surface area contributed by atoms with E-state index in [2.05, 4.69) is 6.58 Å². The highest BCUT2D eigenvalue weighted by atomic mass is 16.6. The van der Waals surface area contributed by atoms with Crippen molar-refractivity contribution < 1.29 is 33.3 Å². The largest absolute Gasteiger partial charge is 0.458 e. The third-order valence-electron chi connectivity index (χ3n) is 7.18. The number of ketones is 1. The molecule has 33 heavy (non-hydrogen) atoms. The molecule has 2 saturated carbocycles. The van der Waals surface area contributed by atoms with E-state index in [-0.39, 0.29) is 48.0 Å². The Balaban J connectivity index is 1.78. The topological polar surface area (TPSA) is 80.3 Å². The first kappa shape index (κ1) is 25.8. The van der Waals surface area contributed by atoms with Gasteiger partial charge in [-0.1, -0.05) is 23.8 Å². The highest BCUT2D eigenvalue weighted by molar-refractivity contribution is 5.93.